The van der Waals surface area contributed by atoms with Crippen LogP contribution in [0.15, 0.2) is 48.5 Å². The monoisotopic (exact) mass is 410 g/mol. The number of para-hydroxylation sites is 2. The Morgan fingerprint density at radius 1 is 1.28 bits per heavy atom. The number of nitrogens with zero attached hydrogens (tertiary/aromatic N) is 4. The maximum absolute atomic E-state index is 13.0. The minimum atomic E-state index is -0.400. The van der Waals surface area contributed by atoms with E-state index in [-0.39, 0.29) is 24.1 Å². The fraction of sp³-hybridized carbons (Fsp3) is 0.333. The lowest BCUT2D eigenvalue weighted by Gasteiger charge is -2.33. The van der Waals surface area contributed by atoms with Crippen LogP contribution in [0.2, 0.25) is 0 Å². The molecule has 2 aromatic carbocycles. The first-order valence-electron chi connectivity index (χ1n) is 9.60. The molecule has 8 heteroatoms. The molecule has 0 aliphatic carbocycles. The first kappa shape index (κ1) is 19.3. The van der Waals surface area contributed by atoms with Crippen LogP contribution < -0.4 is 4.90 Å². The molecule has 29 heavy (non-hydrogen) atoms. The molecule has 1 amide bonds. The molecule has 4 rings (SSSR count). The molecule has 1 fully saturated rings. The molecule has 0 radical (unpaired) electrons. The number of anilines is 1. The Balaban J connectivity index is 1.46. The summed E-state index contributed by atoms with van der Waals surface area (Å²) in [6.45, 7) is 1.74. The Hall–Kier alpha value is -3.00. The standard InChI is InChI=1S/C21H22N4O3S/c1-23(13-15-7-2-4-10-18(15)25(27)28)20(26)16-8-6-12-24(14-16)21-22-17-9-3-5-11-19(17)29-21/h2-5,7,9-11,16H,6,8,12-14H2,1H3. The summed E-state index contributed by atoms with van der Waals surface area (Å²) in [7, 11) is 1.72. The van der Waals surface area contributed by atoms with E-state index in [1.54, 1.807) is 41.5 Å². The van der Waals surface area contributed by atoms with Crippen molar-refractivity contribution >= 4 is 38.3 Å². The van der Waals surface area contributed by atoms with Gasteiger partial charge in [-0.25, -0.2) is 4.98 Å². The number of rotatable bonds is 5. The Bertz CT molecular complexity index is 1020. The molecule has 0 spiro atoms. The molecular weight excluding hydrogens is 388 g/mol. The quantitative estimate of drug-likeness (QED) is 0.468. The summed E-state index contributed by atoms with van der Waals surface area (Å²) in [5.41, 5.74) is 1.58. The molecule has 1 aromatic heterocycles. The van der Waals surface area contributed by atoms with Gasteiger partial charge in [-0.2, -0.15) is 0 Å². The number of carbonyl (C=O) groups is 1. The van der Waals surface area contributed by atoms with Gasteiger partial charge in [0, 0.05) is 31.8 Å². The fourth-order valence-corrected chi connectivity index (χ4v) is 4.82. The zero-order valence-corrected chi connectivity index (χ0v) is 17.0. The molecule has 1 atom stereocenters. The molecule has 1 aliphatic heterocycles. The second-order valence-electron chi connectivity index (χ2n) is 7.33. The summed E-state index contributed by atoms with van der Waals surface area (Å²) >= 11 is 1.65. The van der Waals surface area contributed by atoms with Crippen molar-refractivity contribution in [3.8, 4) is 0 Å². The highest BCUT2D eigenvalue weighted by Gasteiger charge is 2.30. The molecule has 7 nitrogen and oxygen atoms in total. The summed E-state index contributed by atoms with van der Waals surface area (Å²) < 4.78 is 1.14. The van der Waals surface area contributed by atoms with E-state index >= 15 is 0 Å². The molecule has 0 bridgehead atoms. The van der Waals surface area contributed by atoms with Crippen LogP contribution in [-0.2, 0) is 11.3 Å². The van der Waals surface area contributed by atoms with Gasteiger partial charge >= 0.3 is 0 Å². The Morgan fingerprint density at radius 2 is 2.03 bits per heavy atom. The van der Waals surface area contributed by atoms with Crippen molar-refractivity contribution < 1.29 is 9.72 Å². The maximum Gasteiger partial charge on any atom is 0.274 e. The number of nitro groups is 1. The van der Waals surface area contributed by atoms with Crippen LogP contribution in [0.4, 0.5) is 10.8 Å². The highest BCUT2D eigenvalue weighted by Crippen LogP contribution is 2.32. The first-order valence-corrected chi connectivity index (χ1v) is 10.4. The van der Waals surface area contributed by atoms with Crippen LogP contribution >= 0.6 is 11.3 Å². The van der Waals surface area contributed by atoms with Crippen molar-refractivity contribution in [3.05, 3.63) is 64.2 Å². The van der Waals surface area contributed by atoms with Crippen molar-refractivity contribution in [2.24, 2.45) is 5.92 Å². The van der Waals surface area contributed by atoms with Crippen LogP contribution in [0.3, 0.4) is 0 Å². The topological polar surface area (TPSA) is 79.6 Å². The third-order valence-electron chi connectivity index (χ3n) is 5.30. The number of hydrogen-bond acceptors (Lipinski definition) is 6. The first-order chi connectivity index (χ1) is 14.0. The average Bonchev–Trinajstić information content (AvgIpc) is 3.18. The zero-order chi connectivity index (χ0) is 20.4. The van der Waals surface area contributed by atoms with Crippen LogP contribution in [0.1, 0.15) is 18.4 Å². The second kappa shape index (κ2) is 8.16. The Labute approximate surface area is 172 Å². The van der Waals surface area contributed by atoms with Gasteiger partial charge in [0.1, 0.15) is 0 Å². The lowest BCUT2D eigenvalue weighted by molar-refractivity contribution is -0.385. The van der Waals surface area contributed by atoms with Gasteiger partial charge in [-0.15, -0.1) is 0 Å². The van der Waals surface area contributed by atoms with Crippen LogP contribution in [-0.4, -0.2) is 40.9 Å². The number of benzene rings is 2. The van der Waals surface area contributed by atoms with Gasteiger partial charge in [0.2, 0.25) is 5.91 Å². The van der Waals surface area contributed by atoms with E-state index in [1.165, 1.54) is 6.07 Å². The van der Waals surface area contributed by atoms with Gasteiger partial charge in [0.05, 0.1) is 27.6 Å². The van der Waals surface area contributed by atoms with E-state index in [2.05, 4.69) is 11.0 Å². The zero-order valence-electron chi connectivity index (χ0n) is 16.2. The lowest BCUT2D eigenvalue weighted by atomic mass is 9.96. The maximum atomic E-state index is 13.0. The van der Waals surface area contributed by atoms with Gasteiger partial charge < -0.3 is 9.80 Å². The number of carbonyl (C=O) groups excluding carboxylic acids is 1. The minimum absolute atomic E-state index is 0.0222. The van der Waals surface area contributed by atoms with E-state index < -0.39 is 4.92 Å². The summed E-state index contributed by atoms with van der Waals surface area (Å²) in [6, 6.07) is 14.6. The molecule has 1 aliphatic rings. The smallest absolute Gasteiger partial charge is 0.274 e. The van der Waals surface area contributed by atoms with Crippen LogP contribution in [0.5, 0.6) is 0 Å². The van der Waals surface area contributed by atoms with Gasteiger partial charge in [0.25, 0.3) is 5.69 Å². The summed E-state index contributed by atoms with van der Waals surface area (Å²) in [5.74, 6) is -0.113. The highest BCUT2D eigenvalue weighted by atomic mass is 32.1. The van der Waals surface area contributed by atoms with Gasteiger partial charge in [-0.05, 0) is 25.0 Å². The molecule has 1 unspecified atom stereocenters. The SMILES string of the molecule is CN(Cc1ccccc1[N+](=O)[O-])C(=O)C1CCCN(c2nc3ccccc3s2)C1. The van der Waals surface area contributed by atoms with Crippen LogP contribution in [0.25, 0.3) is 10.2 Å². The van der Waals surface area contributed by atoms with Gasteiger partial charge in [-0.1, -0.05) is 41.7 Å². The number of nitro benzene ring substituents is 1. The number of fused-ring (bicyclic) bond motifs is 1. The van der Waals surface area contributed by atoms with E-state index in [9.17, 15) is 14.9 Å². The predicted octanol–water partition coefficient (Wildman–Crippen LogP) is 4.08. The number of amides is 1. The number of aromatic nitrogens is 1. The summed E-state index contributed by atoms with van der Waals surface area (Å²) in [4.78, 5) is 32.4. The second-order valence-corrected chi connectivity index (χ2v) is 8.34. The van der Waals surface area contributed by atoms with Crippen molar-refractivity contribution in [2.75, 3.05) is 25.0 Å². The van der Waals surface area contributed by atoms with E-state index in [4.69, 9.17) is 4.98 Å². The number of piperidine rings is 1. The molecule has 150 valence electrons. The normalized spacial score (nSPS) is 16.7. The summed E-state index contributed by atoms with van der Waals surface area (Å²) in [6.07, 6.45) is 1.74. The van der Waals surface area contributed by atoms with E-state index in [0.29, 0.717) is 12.1 Å². The van der Waals surface area contributed by atoms with Crippen molar-refractivity contribution in [2.45, 2.75) is 19.4 Å². The summed E-state index contributed by atoms with van der Waals surface area (Å²) in [5, 5.41) is 12.2. The average molecular weight is 410 g/mol. The van der Waals surface area contributed by atoms with Gasteiger partial charge in [-0.3, -0.25) is 14.9 Å². The minimum Gasteiger partial charge on any atom is -0.347 e. The molecular formula is C21H22N4O3S. The number of thiazole rings is 1. The van der Waals surface area contributed by atoms with E-state index in [0.717, 1.165) is 34.7 Å². The van der Waals surface area contributed by atoms with Crippen molar-refractivity contribution in [1.29, 1.82) is 0 Å². The molecule has 0 saturated carbocycles. The lowest BCUT2D eigenvalue weighted by Crippen LogP contribution is -2.43. The van der Waals surface area contributed by atoms with Crippen molar-refractivity contribution in [1.82, 2.24) is 9.88 Å². The third kappa shape index (κ3) is 4.07. The highest BCUT2D eigenvalue weighted by molar-refractivity contribution is 7.22. The molecule has 3 aromatic rings. The largest absolute Gasteiger partial charge is 0.347 e. The van der Waals surface area contributed by atoms with E-state index in [1.807, 2.05) is 18.2 Å². The van der Waals surface area contributed by atoms with Crippen molar-refractivity contribution in [3.63, 3.8) is 0 Å². The fourth-order valence-electron chi connectivity index (χ4n) is 3.82. The Morgan fingerprint density at radius 3 is 2.83 bits per heavy atom. The van der Waals surface area contributed by atoms with Gasteiger partial charge in [0.15, 0.2) is 5.13 Å². The predicted molar refractivity (Wildman–Crippen MR) is 114 cm³/mol. The molecule has 2 heterocycles. The van der Waals surface area contributed by atoms with Crippen LogP contribution in [0, 0.1) is 16.0 Å². The Kier molecular flexibility index (Phi) is 5.44. The molecule has 1 saturated heterocycles. The third-order valence-corrected chi connectivity index (χ3v) is 6.39. The number of hydrogen-bond donors (Lipinski definition) is 0. The molecule has 0 N–H and O–H groups in total.